The Morgan fingerprint density at radius 1 is 0.864 bits per heavy atom. The van der Waals surface area contributed by atoms with Gasteiger partial charge in [0.2, 0.25) is 23.5 Å². The Bertz CT molecular complexity index is 1630. The Labute approximate surface area is 258 Å². The minimum atomic E-state index is -1.59. The standard InChI is InChI=1S/C33H40N6O5/c1-9-44-27-13-11-24(31(37-27)39(4)5)30(25-17-22-16-21(20-34)10-12-26(22)35-32(25)43-8)33(40,14-15-38(2)3)23-18-28(41-6)36-29(19-23)42-7/h10-13,16-19,30,40H,9,14-15H2,1-8H3. The van der Waals surface area contributed by atoms with E-state index in [4.69, 9.17) is 28.9 Å². The molecule has 0 saturated carbocycles. The van der Waals surface area contributed by atoms with Gasteiger partial charge in [0, 0.05) is 55.4 Å². The van der Waals surface area contributed by atoms with E-state index in [1.54, 1.807) is 43.5 Å². The zero-order valence-electron chi connectivity index (χ0n) is 26.6. The van der Waals surface area contributed by atoms with Crippen LogP contribution in [0.3, 0.4) is 0 Å². The lowest BCUT2D eigenvalue weighted by atomic mass is 9.71. The predicted octanol–water partition coefficient (Wildman–Crippen LogP) is 4.36. The van der Waals surface area contributed by atoms with E-state index in [9.17, 15) is 10.4 Å². The number of pyridine rings is 3. The summed E-state index contributed by atoms with van der Waals surface area (Å²) in [7, 11) is 12.3. The van der Waals surface area contributed by atoms with Crippen molar-refractivity contribution in [2.75, 3.05) is 67.6 Å². The number of benzene rings is 1. The molecule has 11 nitrogen and oxygen atoms in total. The van der Waals surface area contributed by atoms with Crippen molar-refractivity contribution in [2.45, 2.75) is 24.9 Å². The Balaban J connectivity index is 2.16. The molecule has 4 rings (SSSR count). The topological polar surface area (TPSA) is 126 Å². The summed E-state index contributed by atoms with van der Waals surface area (Å²) >= 11 is 0. The van der Waals surface area contributed by atoms with Gasteiger partial charge in [-0.05, 0) is 63.3 Å². The summed E-state index contributed by atoms with van der Waals surface area (Å²) in [6.45, 7) is 2.89. The molecule has 2 atom stereocenters. The van der Waals surface area contributed by atoms with Gasteiger partial charge in [0.1, 0.15) is 11.4 Å². The molecule has 3 heterocycles. The van der Waals surface area contributed by atoms with Gasteiger partial charge in [0.15, 0.2) is 0 Å². The molecule has 1 aromatic carbocycles. The molecule has 0 radical (unpaired) electrons. The summed E-state index contributed by atoms with van der Waals surface area (Å²) in [6, 6.07) is 16.6. The van der Waals surface area contributed by atoms with Crippen molar-refractivity contribution in [1.82, 2.24) is 19.9 Å². The van der Waals surface area contributed by atoms with Crippen LogP contribution < -0.4 is 23.8 Å². The number of aromatic nitrogens is 3. The van der Waals surface area contributed by atoms with Crippen molar-refractivity contribution in [2.24, 2.45) is 0 Å². The SMILES string of the molecule is CCOc1ccc(C(c2cc3cc(C#N)ccc3nc2OC)C(O)(CCN(C)C)c2cc(OC)nc(OC)c2)c(N(C)C)n1. The molecule has 0 amide bonds. The minimum Gasteiger partial charge on any atom is -0.481 e. The number of nitriles is 1. The fraction of sp³-hybridized carbons (Fsp3) is 0.394. The molecular formula is C33H40N6O5. The summed E-state index contributed by atoms with van der Waals surface area (Å²) in [5.41, 5.74) is 1.41. The average Bonchev–Trinajstić information content (AvgIpc) is 3.03. The molecule has 0 aliphatic heterocycles. The summed E-state index contributed by atoms with van der Waals surface area (Å²) in [5, 5.41) is 23.6. The van der Waals surface area contributed by atoms with Crippen LogP contribution in [0.2, 0.25) is 0 Å². The third kappa shape index (κ3) is 6.61. The number of anilines is 1. The maximum atomic E-state index is 13.2. The van der Waals surface area contributed by atoms with Gasteiger partial charge in [-0.1, -0.05) is 0 Å². The largest absolute Gasteiger partial charge is 0.481 e. The second-order valence-electron chi connectivity index (χ2n) is 10.8. The van der Waals surface area contributed by atoms with Crippen molar-refractivity contribution >= 4 is 16.7 Å². The maximum Gasteiger partial charge on any atom is 0.217 e. The van der Waals surface area contributed by atoms with Crippen molar-refractivity contribution in [1.29, 1.82) is 5.26 Å². The van der Waals surface area contributed by atoms with Gasteiger partial charge < -0.3 is 33.9 Å². The van der Waals surface area contributed by atoms with Crippen LogP contribution in [0.1, 0.15) is 41.5 Å². The number of hydrogen-bond acceptors (Lipinski definition) is 11. The van der Waals surface area contributed by atoms with E-state index in [-0.39, 0.29) is 0 Å². The zero-order valence-corrected chi connectivity index (χ0v) is 26.6. The highest BCUT2D eigenvalue weighted by Gasteiger charge is 2.44. The monoisotopic (exact) mass is 600 g/mol. The van der Waals surface area contributed by atoms with Crippen molar-refractivity contribution in [3.05, 3.63) is 70.8 Å². The third-order valence-electron chi connectivity index (χ3n) is 7.46. The average molecular weight is 601 g/mol. The van der Waals surface area contributed by atoms with E-state index in [1.165, 1.54) is 14.2 Å². The molecule has 0 aliphatic rings. The lowest BCUT2D eigenvalue weighted by Crippen LogP contribution is -2.38. The fourth-order valence-electron chi connectivity index (χ4n) is 5.34. The Kier molecular flexibility index (Phi) is 10.1. The summed E-state index contributed by atoms with van der Waals surface area (Å²) < 4.78 is 22.7. The van der Waals surface area contributed by atoms with Crippen LogP contribution in [-0.4, -0.2) is 87.6 Å². The van der Waals surface area contributed by atoms with E-state index in [0.717, 1.165) is 5.39 Å². The van der Waals surface area contributed by atoms with E-state index >= 15 is 0 Å². The number of aliphatic hydroxyl groups is 1. The predicted molar refractivity (Wildman–Crippen MR) is 169 cm³/mol. The van der Waals surface area contributed by atoms with Crippen molar-refractivity contribution in [3.8, 4) is 29.6 Å². The first-order valence-electron chi connectivity index (χ1n) is 14.3. The van der Waals surface area contributed by atoms with Crippen LogP contribution in [0.25, 0.3) is 10.9 Å². The van der Waals surface area contributed by atoms with Gasteiger partial charge in [-0.3, -0.25) is 0 Å². The highest BCUT2D eigenvalue weighted by molar-refractivity contribution is 5.82. The van der Waals surface area contributed by atoms with Gasteiger partial charge in [-0.15, -0.1) is 0 Å². The molecule has 0 aliphatic carbocycles. The second-order valence-corrected chi connectivity index (χ2v) is 10.8. The molecule has 4 aromatic rings. The van der Waals surface area contributed by atoms with E-state index < -0.39 is 11.5 Å². The van der Waals surface area contributed by atoms with Crippen molar-refractivity contribution < 1.29 is 24.1 Å². The van der Waals surface area contributed by atoms with Gasteiger partial charge in [-0.25, -0.2) is 4.98 Å². The lowest BCUT2D eigenvalue weighted by Gasteiger charge is -2.40. The van der Waals surface area contributed by atoms with Gasteiger partial charge in [0.05, 0.1) is 51.0 Å². The summed E-state index contributed by atoms with van der Waals surface area (Å²) in [6.07, 6.45) is 0.292. The van der Waals surface area contributed by atoms with E-state index in [1.807, 2.05) is 57.0 Å². The first kappa shape index (κ1) is 32.3. The molecule has 0 saturated heterocycles. The molecule has 0 spiro atoms. The van der Waals surface area contributed by atoms with Gasteiger partial charge >= 0.3 is 0 Å². The van der Waals surface area contributed by atoms with Crippen LogP contribution in [0.4, 0.5) is 5.82 Å². The first-order valence-corrected chi connectivity index (χ1v) is 14.3. The quantitative estimate of drug-likeness (QED) is 0.235. The molecule has 2 unspecified atom stereocenters. The minimum absolute atomic E-state index is 0.292. The molecular weight excluding hydrogens is 560 g/mol. The zero-order chi connectivity index (χ0) is 32.0. The highest BCUT2D eigenvalue weighted by atomic mass is 16.5. The summed E-state index contributed by atoms with van der Waals surface area (Å²) in [4.78, 5) is 18.0. The second kappa shape index (κ2) is 13.8. The van der Waals surface area contributed by atoms with E-state index in [0.29, 0.717) is 76.7 Å². The van der Waals surface area contributed by atoms with E-state index in [2.05, 4.69) is 11.1 Å². The Morgan fingerprint density at radius 2 is 1.57 bits per heavy atom. The molecule has 11 heteroatoms. The number of nitrogens with zero attached hydrogens (tertiary/aromatic N) is 6. The van der Waals surface area contributed by atoms with Gasteiger partial charge in [-0.2, -0.15) is 15.2 Å². The third-order valence-corrected chi connectivity index (χ3v) is 7.46. The number of fused-ring (bicyclic) bond motifs is 1. The van der Waals surface area contributed by atoms with Crippen LogP contribution in [0.15, 0.2) is 48.5 Å². The number of hydrogen-bond donors (Lipinski definition) is 1. The molecule has 44 heavy (non-hydrogen) atoms. The normalized spacial score (nSPS) is 13.2. The molecule has 0 fully saturated rings. The molecule has 0 bridgehead atoms. The van der Waals surface area contributed by atoms with Gasteiger partial charge in [0.25, 0.3) is 0 Å². The maximum absolute atomic E-state index is 13.2. The number of rotatable bonds is 13. The van der Waals surface area contributed by atoms with Crippen LogP contribution >= 0.6 is 0 Å². The first-order chi connectivity index (χ1) is 21.1. The fourth-order valence-corrected chi connectivity index (χ4v) is 5.34. The van der Waals surface area contributed by atoms with Crippen molar-refractivity contribution in [3.63, 3.8) is 0 Å². The smallest absolute Gasteiger partial charge is 0.217 e. The van der Waals surface area contributed by atoms with Crippen LogP contribution in [0, 0.1) is 11.3 Å². The molecule has 3 aromatic heterocycles. The number of methoxy groups -OCH3 is 3. The van der Waals surface area contributed by atoms with Crippen LogP contribution in [0.5, 0.6) is 23.5 Å². The van der Waals surface area contributed by atoms with Crippen LogP contribution in [-0.2, 0) is 5.60 Å². The summed E-state index contributed by atoms with van der Waals surface area (Å²) in [5.74, 6) is 1.21. The Morgan fingerprint density at radius 3 is 2.14 bits per heavy atom. The highest BCUT2D eigenvalue weighted by Crippen LogP contribution is 2.50. The molecule has 232 valence electrons. The lowest BCUT2D eigenvalue weighted by molar-refractivity contribution is 0.00334. The number of ether oxygens (including phenoxy) is 4. The Hall–Kier alpha value is -4.66. The molecule has 1 N–H and O–H groups in total.